The van der Waals surface area contributed by atoms with Crippen LogP contribution in [0.2, 0.25) is 0 Å². The molecule has 2 fully saturated rings. The average molecular weight is 201 g/mol. The van der Waals surface area contributed by atoms with E-state index in [2.05, 4.69) is 5.32 Å². The molecule has 2 N–H and O–H groups in total. The van der Waals surface area contributed by atoms with Gasteiger partial charge in [0, 0.05) is 6.04 Å². The van der Waals surface area contributed by atoms with E-state index in [4.69, 9.17) is 5.11 Å². The van der Waals surface area contributed by atoms with E-state index in [0.29, 0.717) is 12.0 Å². The van der Waals surface area contributed by atoms with E-state index >= 15 is 0 Å². The van der Waals surface area contributed by atoms with E-state index < -0.39 is 5.97 Å². The van der Waals surface area contributed by atoms with Gasteiger partial charge in [0.15, 0.2) is 0 Å². The molecule has 2 unspecified atom stereocenters. The van der Waals surface area contributed by atoms with E-state index in [1.54, 1.807) is 0 Å². The molecule has 0 radical (unpaired) electrons. The van der Waals surface area contributed by atoms with Crippen molar-refractivity contribution >= 4 is 17.7 Å². The van der Waals surface area contributed by atoms with Gasteiger partial charge >= 0.3 is 5.97 Å². The minimum atomic E-state index is -0.667. The Balaban J connectivity index is 1.90. The lowest BCUT2D eigenvalue weighted by molar-refractivity contribution is -0.140. The van der Waals surface area contributed by atoms with Crippen LogP contribution in [0.3, 0.4) is 0 Å². The van der Waals surface area contributed by atoms with Crippen molar-refractivity contribution in [2.24, 2.45) is 5.92 Å². The van der Waals surface area contributed by atoms with Crippen LogP contribution in [0.1, 0.15) is 19.3 Å². The van der Waals surface area contributed by atoms with Crippen LogP contribution < -0.4 is 5.32 Å². The van der Waals surface area contributed by atoms with Crippen molar-refractivity contribution in [1.29, 1.82) is 0 Å². The second kappa shape index (κ2) is 3.88. The third kappa shape index (κ3) is 2.38. The first-order valence-corrected chi connectivity index (χ1v) is 5.99. The molecule has 13 heavy (non-hydrogen) atoms. The molecule has 0 spiro atoms. The van der Waals surface area contributed by atoms with Gasteiger partial charge in [-0.2, -0.15) is 11.8 Å². The van der Waals surface area contributed by atoms with E-state index in [9.17, 15) is 4.79 Å². The van der Waals surface area contributed by atoms with Gasteiger partial charge in [-0.15, -0.1) is 0 Å². The van der Waals surface area contributed by atoms with Crippen molar-refractivity contribution < 1.29 is 9.90 Å². The van der Waals surface area contributed by atoms with Crippen molar-refractivity contribution in [3.8, 4) is 0 Å². The van der Waals surface area contributed by atoms with Crippen LogP contribution in [0.5, 0.6) is 0 Å². The third-order valence-electron chi connectivity index (χ3n) is 2.69. The lowest BCUT2D eigenvalue weighted by atomic mass is 9.99. The fourth-order valence-corrected chi connectivity index (χ4v) is 3.03. The van der Waals surface area contributed by atoms with Crippen LogP contribution in [-0.2, 0) is 4.79 Å². The third-order valence-corrected chi connectivity index (χ3v) is 3.88. The standard InChI is InChI=1S/C9H15NO2S/c11-9(12)8(10-7-1-2-7)6-3-4-13-5-6/h6-8,10H,1-5H2,(H,11,12). The van der Waals surface area contributed by atoms with Crippen LogP contribution in [0.4, 0.5) is 0 Å². The highest BCUT2D eigenvalue weighted by atomic mass is 32.2. The van der Waals surface area contributed by atoms with Gasteiger partial charge in [-0.1, -0.05) is 0 Å². The van der Waals surface area contributed by atoms with Crippen LogP contribution in [0.15, 0.2) is 0 Å². The van der Waals surface area contributed by atoms with E-state index in [1.807, 2.05) is 11.8 Å². The monoisotopic (exact) mass is 201 g/mol. The minimum absolute atomic E-state index is 0.289. The van der Waals surface area contributed by atoms with Crippen LogP contribution in [0.25, 0.3) is 0 Å². The molecule has 1 heterocycles. The maximum atomic E-state index is 11.0. The first-order valence-electron chi connectivity index (χ1n) is 4.84. The van der Waals surface area contributed by atoms with Crippen molar-refractivity contribution in [3.05, 3.63) is 0 Å². The highest BCUT2D eigenvalue weighted by molar-refractivity contribution is 7.99. The SMILES string of the molecule is O=C(O)C(NC1CC1)C1CCSC1. The average Bonchev–Trinajstić information content (AvgIpc) is 2.75. The maximum Gasteiger partial charge on any atom is 0.321 e. The molecular formula is C9H15NO2S. The van der Waals surface area contributed by atoms with Crippen LogP contribution >= 0.6 is 11.8 Å². The molecule has 0 bridgehead atoms. The molecule has 2 atom stereocenters. The quantitative estimate of drug-likeness (QED) is 0.711. The summed E-state index contributed by atoms with van der Waals surface area (Å²) < 4.78 is 0. The van der Waals surface area contributed by atoms with E-state index in [1.165, 1.54) is 0 Å². The first kappa shape index (κ1) is 9.34. The lowest BCUT2D eigenvalue weighted by Crippen LogP contribution is -2.44. The Morgan fingerprint density at radius 3 is 2.69 bits per heavy atom. The van der Waals surface area contributed by atoms with Gasteiger partial charge in [0.1, 0.15) is 6.04 Å². The predicted octanol–water partition coefficient (Wildman–Crippen LogP) is 0.945. The Hall–Kier alpha value is -0.220. The van der Waals surface area contributed by atoms with Gasteiger partial charge in [0.05, 0.1) is 0 Å². The summed E-state index contributed by atoms with van der Waals surface area (Å²) in [5, 5.41) is 12.3. The smallest absolute Gasteiger partial charge is 0.321 e. The van der Waals surface area contributed by atoms with E-state index in [0.717, 1.165) is 30.8 Å². The molecule has 0 aromatic heterocycles. The first-order chi connectivity index (χ1) is 6.27. The number of carbonyl (C=O) groups is 1. The number of aliphatic carboxylic acids is 1. The molecule has 4 heteroatoms. The Bertz CT molecular complexity index is 200. The number of carboxylic acid groups (broad SMARTS) is 1. The van der Waals surface area contributed by atoms with Crippen molar-refractivity contribution in [2.75, 3.05) is 11.5 Å². The highest BCUT2D eigenvalue weighted by Crippen LogP contribution is 2.29. The van der Waals surface area contributed by atoms with Crippen molar-refractivity contribution in [2.45, 2.75) is 31.3 Å². The van der Waals surface area contributed by atoms with Crippen LogP contribution in [-0.4, -0.2) is 34.7 Å². The molecule has 74 valence electrons. The Kier molecular flexibility index (Phi) is 2.79. The number of hydrogen-bond acceptors (Lipinski definition) is 3. The van der Waals surface area contributed by atoms with Crippen LogP contribution in [0, 0.1) is 5.92 Å². The van der Waals surface area contributed by atoms with Crippen molar-refractivity contribution in [3.63, 3.8) is 0 Å². The summed E-state index contributed by atoms with van der Waals surface area (Å²) in [5.41, 5.74) is 0. The number of carboxylic acids is 1. The number of thioether (sulfide) groups is 1. The molecule has 1 saturated carbocycles. The predicted molar refractivity (Wildman–Crippen MR) is 53.0 cm³/mol. The maximum absolute atomic E-state index is 11.0. The molecule has 0 aromatic carbocycles. The molecule has 2 aliphatic rings. The fourth-order valence-electron chi connectivity index (χ4n) is 1.73. The van der Waals surface area contributed by atoms with E-state index in [-0.39, 0.29) is 6.04 Å². The summed E-state index contributed by atoms with van der Waals surface area (Å²) in [5.74, 6) is 1.82. The molecule has 2 rings (SSSR count). The second-order valence-corrected chi connectivity index (χ2v) is 5.03. The summed E-state index contributed by atoms with van der Waals surface area (Å²) in [6.45, 7) is 0. The molecular weight excluding hydrogens is 186 g/mol. The largest absolute Gasteiger partial charge is 0.480 e. The summed E-state index contributed by atoms with van der Waals surface area (Å²) in [6, 6.07) is 0.203. The molecule has 0 aromatic rings. The van der Waals surface area contributed by atoms with Crippen molar-refractivity contribution in [1.82, 2.24) is 5.32 Å². The number of nitrogens with one attached hydrogen (secondary N) is 1. The highest BCUT2D eigenvalue weighted by Gasteiger charge is 2.35. The zero-order chi connectivity index (χ0) is 9.26. The Morgan fingerprint density at radius 1 is 1.46 bits per heavy atom. The second-order valence-electron chi connectivity index (χ2n) is 3.88. The Morgan fingerprint density at radius 2 is 2.23 bits per heavy atom. The molecule has 0 amide bonds. The summed E-state index contributed by atoms with van der Waals surface area (Å²) >= 11 is 1.87. The lowest BCUT2D eigenvalue weighted by Gasteiger charge is -2.19. The summed E-state index contributed by atoms with van der Waals surface area (Å²) in [6.07, 6.45) is 3.37. The number of hydrogen-bond donors (Lipinski definition) is 2. The fraction of sp³-hybridized carbons (Fsp3) is 0.889. The minimum Gasteiger partial charge on any atom is -0.480 e. The molecule has 1 aliphatic heterocycles. The molecule has 1 saturated heterocycles. The zero-order valence-corrected chi connectivity index (χ0v) is 8.35. The summed E-state index contributed by atoms with van der Waals surface area (Å²) in [7, 11) is 0. The molecule has 3 nitrogen and oxygen atoms in total. The Labute approximate surface area is 82.3 Å². The topological polar surface area (TPSA) is 49.3 Å². The van der Waals surface area contributed by atoms with Gasteiger partial charge in [-0.25, -0.2) is 0 Å². The van der Waals surface area contributed by atoms with Gasteiger partial charge in [-0.05, 0) is 36.7 Å². The number of rotatable bonds is 4. The normalized spacial score (nSPS) is 30.3. The molecule has 1 aliphatic carbocycles. The van der Waals surface area contributed by atoms with Gasteiger partial charge < -0.3 is 10.4 Å². The summed E-state index contributed by atoms with van der Waals surface area (Å²) in [4.78, 5) is 11.0. The van der Waals surface area contributed by atoms with Gasteiger partial charge in [0.2, 0.25) is 0 Å². The van der Waals surface area contributed by atoms with Gasteiger partial charge in [0.25, 0.3) is 0 Å². The van der Waals surface area contributed by atoms with Gasteiger partial charge in [-0.3, -0.25) is 4.79 Å². The zero-order valence-electron chi connectivity index (χ0n) is 7.53.